The van der Waals surface area contributed by atoms with E-state index in [0.717, 1.165) is 22.2 Å². The van der Waals surface area contributed by atoms with Crippen LogP contribution in [0.3, 0.4) is 0 Å². The Balaban J connectivity index is 2.30. The van der Waals surface area contributed by atoms with Crippen molar-refractivity contribution in [3.63, 3.8) is 0 Å². The molecule has 2 N–H and O–H groups in total. The third-order valence-corrected chi connectivity index (χ3v) is 6.33. The minimum atomic E-state index is -3.79. The Kier molecular flexibility index (Phi) is 4.96. The molecule has 0 atom stereocenters. The van der Waals surface area contributed by atoms with Gasteiger partial charge in [-0.3, -0.25) is 0 Å². The molecule has 0 spiro atoms. The monoisotopic (exact) mass is 401 g/mol. The predicted molar refractivity (Wildman–Crippen MR) is 106 cm³/mol. The van der Waals surface area contributed by atoms with Crippen LogP contribution in [-0.4, -0.2) is 22.6 Å². The maximum Gasteiger partial charge on any atom is 0.244 e. The van der Waals surface area contributed by atoms with Gasteiger partial charge in [-0.2, -0.15) is 0 Å². The number of nitrogen functional groups attached to an aromatic ring is 1. The van der Waals surface area contributed by atoms with Gasteiger partial charge in [0.1, 0.15) is 11.6 Å². The summed E-state index contributed by atoms with van der Waals surface area (Å²) < 4.78 is 54.3. The van der Waals surface area contributed by atoms with Gasteiger partial charge in [0.2, 0.25) is 16.0 Å². The van der Waals surface area contributed by atoms with E-state index in [4.69, 9.17) is 12.2 Å². The number of hydrogen-bond donors (Lipinski definition) is 1. The van der Waals surface area contributed by atoms with Gasteiger partial charge in [-0.1, -0.05) is 12.0 Å². The van der Waals surface area contributed by atoms with Crippen molar-refractivity contribution in [3.05, 3.63) is 65.2 Å². The number of halogens is 2. The van der Waals surface area contributed by atoms with Crippen molar-refractivity contribution in [3.8, 4) is 12.3 Å². The Morgan fingerprint density at radius 2 is 1.96 bits per heavy atom. The highest BCUT2D eigenvalue weighted by atomic mass is 32.2. The van der Waals surface area contributed by atoms with E-state index in [1.165, 1.54) is 26.0 Å². The zero-order valence-electron chi connectivity index (χ0n) is 15.1. The van der Waals surface area contributed by atoms with Crippen LogP contribution in [0.1, 0.15) is 25.0 Å². The molecule has 144 valence electrons. The molecule has 0 saturated carbocycles. The van der Waals surface area contributed by atoms with Crippen molar-refractivity contribution in [2.45, 2.75) is 19.1 Å². The second kappa shape index (κ2) is 7.09. The van der Waals surface area contributed by atoms with Crippen LogP contribution in [0.5, 0.6) is 0 Å². The fraction of sp³-hybridized carbons (Fsp3) is 0.150. The lowest BCUT2D eigenvalue weighted by Gasteiger charge is -2.13. The summed E-state index contributed by atoms with van der Waals surface area (Å²) in [6, 6.07) is 7.66. The Morgan fingerprint density at radius 3 is 2.61 bits per heavy atom. The average molecular weight is 401 g/mol. The molecule has 0 radical (unpaired) electrons. The highest BCUT2D eigenvalue weighted by molar-refractivity contribution is 7.90. The van der Waals surface area contributed by atoms with Gasteiger partial charge in [-0.15, -0.1) is 6.42 Å². The Hall–Kier alpha value is -3.18. The van der Waals surface area contributed by atoms with Gasteiger partial charge in [0.15, 0.2) is 0 Å². The molecule has 1 aromatic heterocycles. The van der Waals surface area contributed by atoms with Gasteiger partial charge in [-0.25, -0.2) is 26.2 Å². The number of terminal acetylenes is 1. The molecular formula is C20H17F2N3O2S. The van der Waals surface area contributed by atoms with Crippen LogP contribution >= 0.6 is 0 Å². The normalized spacial score (nSPS) is 12.5. The molecule has 3 rings (SSSR count). The molecule has 0 fully saturated rings. The summed E-state index contributed by atoms with van der Waals surface area (Å²) in [6.07, 6.45) is 6.66. The van der Waals surface area contributed by atoms with E-state index in [0.29, 0.717) is 11.1 Å². The number of anilines is 1. The van der Waals surface area contributed by atoms with E-state index in [1.54, 1.807) is 12.1 Å². The highest BCUT2D eigenvalue weighted by Crippen LogP contribution is 2.30. The first-order valence-electron chi connectivity index (χ1n) is 8.31. The van der Waals surface area contributed by atoms with E-state index in [1.807, 2.05) is 0 Å². The van der Waals surface area contributed by atoms with E-state index in [9.17, 15) is 17.2 Å². The zero-order chi connectivity index (χ0) is 20.6. The lowest BCUT2D eigenvalue weighted by molar-refractivity contribution is 0.580. The topological polar surface area (TPSA) is 78.0 Å². The maximum absolute atomic E-state index is 14.3. The van der Waals surface area contributed by atoms with Gasteiger partial charge in [0.05, 0.1) is 16.3 Å². The molecule has 0 saturated heterocycles. The lowest BCUT2D eigenvalue weighted by Crippen LogP contribution is -2.23. The van der Waals surface area contributed by atoms with E-state index in [2.05, 4.69) is 10.9 Å². The molecule has 2 aromatic carbocycles. The molecular weight excluding hydrogens is 384 g/mol. The molecule has 1 heterocycles. The summed E-state index contributed by atoms with van der Waals surface area (Å²) >= 11 is 0. The minimum absolute atomic E-state index is 0.0388. The van der Waals surface area contributed by atoms with Crippen molar-refractivity contribution >= 4 is 32.6 Å². The molecule has 5 nitrogen and oxygen atoms in total. The second-order valence-corrected chi connectivity index (χ2v) is 8.72. The summed E-state index contributed by atoms with van der Waals surface area (Å²) in [5, 5.41) is -0.739. The van der Waals surface area contributed by atoms with Crippen molar-refractivity contribution in [1.82, 2.24) is 8.96 Å². The quantitative estimate of drug-likeness (QED) is 0.678. The Bertz CT molecular complexity index is 1250. The Labute approximate surface area is 161 Å². The first-order valence-corrected chi connectivity index (χ1v) is 9.81. The SMILES string of the molecule is C#C/C=C(\c1ccc2nc(N)n(S(=O)(=O)C(C)C)c2c1)c1cc(F)ccc1F. The molecule has 0 aliphatic carbocycles. The van der Waals surface area contributed by atoms with Gasteiger partial charge in [0.25, 0.3) is 0 Å². The first kappa shape index (κ1) is 19.6. The fourth-order valence-electron chi connectivity index (χ4n) is 2.82. The summed E-state index contributed by atoms with van der Waals surface area (Å²) in [4.78, 5) is 4.08. The number of fused-ring (bicyclic) bond motifs is 1. The van der Waals surface area contributed by atoms with Crippen molar-refractivity contribution < 1.29 is 17.2 Å². The average Bonchev–Trinajstić information content (AvgIpc) is 2.97. The first-order chi connectivity index (χ1) is 13.2. The number of benzene rings is 2. The number of allylic oxidation sites excluding steroid dienone is 1. The molecule has 8 heteroatoms. The van der Waals surface area contributed by atoms with Gasteiger partial charge in [0, 0.05) is 11.1 Å². The van der Waals surface area contributed by atoms with Crippen LogP contribution in [0.25, 0.3) is 16.6 Å². The molecule has 0 unspecified atom stereocenters. The summed E-state index contributed by atoms with van der Waals surface area (Å²) in [5.41, 5.74) is 7.00. The van der Waals surface area contributed by atoms with E-state index in [-0.39, 0.29) is 22.6 Å². The van der Waals surface area contributed by atoms with Gasteiger partial charge in [-0.05, 0) is 55.8 Å². The number of nitrogens with zero attached hydrogens (tertiary/aromatic N) is 2. The molecule has 0 aliphatic rings. The number of rotatable bonds is 4. The highest BCUT2D eigenvalue weighted by Gasteiger charge is 2.25. The van der Waals surface area contributed by atoms with Crippen molar-refractivity contribution in [2.24, 2.45) is 0 Å². The van der Waals surface area contributed by atoms with Gasteiger partial charge < -0.3 is 5.73 Å². The zero-order valence-corrected chi connectivity index (χ0v) is 16.0. The Morgan fingerprint density at radius 1 is 1.25 bits per heavy atom. The fourth-order valence-corrected chi connectivity index (χ4v) is 3.97. The largest absolute Gasteiger partial charge is 0.368 e. The summed E-state index contributed by atoms with van der Waals surface area (Å²) in [6.45, 7) is 3.05. The maximum atomic E-state index is 14.3. The van der Waals surface area contributed by atoms with Crippen LogP contribution in [0.2, 0.25) is 0 Å². The van der Waals surface area contributed by atoms with Crippen LogP contribution in [0.4, 0.5) is 14.7 Å². The minimum Gasteiger partial charge on any atom is -0.368 e. The third kappa shape index (κ3) is 3.25. The van der Waals surface area contributed by atoms with Crippen LogP contribution in [0, 0.1) is 24.0 Å². The predicted octanol–water partition coefficient (Wildman–Crippen LogP) is 3.55. The number of nitrogens with two attached hydrogens (primary N) is 1. The van der Waals surface area contributed by atoms with Crippen LogP contribution in [0.15, 0.2) is 42.5 Å². The van der Waals surface area contributed by atoms with E-state index < -0.39 is 26.9 Å². The molecule has 28 heavy (non-hydrogen) atoms. The molecule has 0 bridgehead atoms. The summed E-state index contributed by atoms with van der Waals surface area (Å²) in [7, 11) is -3.79. The van der Waals surface area contributed by atoms with E-state index >= 15 is 0 Å². The smallest absolute Gasteiger partial charge is 0.244 e. The number of hydrogen-bond acceptors (Lipinski definition) is 4. The summed E-state index contributed by atoms with van der Waals surface area (Å²) in [5.74, 6) is 0.842. The molecule has 3 aromatic rings. The van der Waals surface area contributed by atoms with Gasteiger partial charge >= 0.3 is 0 Å². The van der Waals surface area contributed by atoms with Crippen molar-refractivity contribution in [1.29, 1.82) is 0 Å². The third-order valence-electron chi connectivity index (χ3n) is 4.24. The molecule has 0 aliphatic heterocycles. The van der Waals surface area contributed by atoms with Crippen LogP contribution in [-0.2, 0) is 10.0 Å². The second-order valence-electron chi connectivity index (χ2n) is 6.38. The lowest BCUT2D eigenvalue weighted by atomic mass is 9.96. The standard InChI is InChI=1S/C20H17F2N3O2S/c1-4-5-15(16-11-14(21)7-8-17(16)22)13-6-9-18-19(10-13)25(20(23)24-18)28(26,27)12(2)3/h1,5-12H,2-3H3,(H2,23,24)/b15-5+. The number of imidazole rings is 1. The van der Waals surface area contributed by atoms with Crippen molar-refractivity contribution in [2.75, 3.05) is 5.73 Å². The van der Waals surface area contributed by atoms with Crippen LogP contribution < -0.4 is 5.73 Å². The molecule has 0 amide bonds. The number of aromatic nitrogens is 2.